The normalized spacial score (nSPS) is 15.9. The molecular formula is C34H35FN4O3S. The Hall–Kier alpha value is -4.37. The number of likely N-dealkylation sites (N-methyl/N-ethyl adjacent to an activating group) is 1. The highest BCUT2D eigenvalue weighted by Gasteiger charge is 2.41. The number of amides is 2. The molecule has 2 aliphatic heterocycles. The molecule has 3 aromatic carbocycles. The molecule has 0 spiro atoms. The quantitative estimate of drug-likeness (QED) is 0.271. The Morgan fingerprint density at radius 2 is 1.74 bits per heavy atom. The SMILES string of the molecule is CCN(CC)C(=O)C1=C(C)N=C2SC=C(CC(=O)NCc3ccc(F)cc3)N2C1c1cccc(OCc2ccccc2)c1. The largest absolute Gasteiger partial charge is 0.489 e. The molecule has 1 unspecified atom stereocenters. The molecule has 1 N–H and O–H groups in total. The molecule has 0 radical (unpaired) electrons. The second-order valence-corrected chi connectivity index (χ2v) is 11.1. The van der Waals surface area contributed by atoms with Crippen LogP contribution >= 0.6 is 11.8 Å². The summed E-state index contributed by atoms with van der Waals surface area (Å²) in [5, 5.41) is 5.58. The van der Waals surface area contributed by atoms with Crippen molar-refractivity contribution in [1.82, 2.24) is 15.1 Å². The minimum atomic E-state index is -0.493. The molecular weight excluding hydrogens is 563 g/mol. The van der Waals surface area contributed by atoms with Crippen molar-refractivity contribution in [2.75, 3.05) is 13.1 Å². The van der Waals surface area contributed by atoms with Crippen LogP contribution in [-0.2, 0) is 22.7 Å². The van der Waals surface area contributed by atoms with Gasteiger partial charge in [-0.05, 0) is 67.1 Å². The van der Waals surface area contributed by atoms with Crippen LogP contribution in [-0.4, -0.2) is 39.9 Å². The summed E-state index contributed by atoms with van der Waals surface area (Å²) < 4.78 is 19.4. The molecule has 2 aliphatic rings. The highest BCUT2D eigenvalue weighted by Crippen LogP contribution is 2.45. The van der Waals surface area contributed by atoms with Gasteiger partial charge in [0.1, 0.15) is 18.2 Å². The number of nitrogens with one attached hydrogen (secondary N) is 1. The first-order valence-electron chi connectivity index (χ1n) is 14.4. The van der Waals surface area contributed by atoms with Crippen LogP contribution in [0.3, 0.4) is 0 Å². The van der Waals surface area contributed by atoms with E-state index in [4.69, 9.17) is 9.73 Å². The van der Waals surface area contributed by atoms with Gasteiger partial charge in [-0.3, -0.25) is 9.59 Å². The number of hydrogen-bond donors (Lipinski definition) is 1. The zero-order valence-corrected chi connectivity index (χ0v) is 25.4. The molecule has 3 aromatic rings. The summed E-state index contributed by atoms with van der Waals surface area (Å²) in [6.07, 6.45) is 0.0969. The average molecular weight is 599 g/mol. The lowest BCUT2D eigenvalue weighted by molar-refractivity contribution is -0.127. The summed E-state index contributed by atoms with van der Waals surface area (Å²) >= 11 is 1.44. The number of allylic oxidation sites excluding steroid dienone is 1. The number of ether oxygens (including phenoxy) is 1. The molecule has 1 atom stereocenters. The van der Waals surface area contributed by atoms with Crippen molar-refractivity contribution < 1.29 is 18.7 Å². The summed E-state index contributed by atoms with van der Waals surface area (Å²) in [4.78, 5) is 35.7. The van der Waals surface area contributed by atoms with Crippen LogP contribution in [0.2, 0.25) is 0 Å². The number of hydrogen-bond acceptors (Lipinski definition) is 6. The fraction of sp³-hybridized carbons (Fsp3) is 0.265. The molecule has 0 saturated carbocycles. The Labute approximate surface area is 256 Å². The summed E-state index contributed by atoms with van der Waals surface area (Å²) in [5.41, 5.74) is 4.72. The van der Waals surface area contributed by atoms with Gasteiger partial charge in [-0.2, -0.15) is 0 Å². The van der Waals surface area contributed by atoms with E-state index in [2.05, 4.69) is 5.32 Å². The highest BCUT2D eigenvalue weighted by molar-refractivity contribution is 8.16. The smallest absolute Gasteiger partial charge is 0.254 e. The lowest BCUT2D eigenvalue weighted by atomic mass is 9.92. The maximum Gasteiger partial charge on any atom is 0.254 e. The molecule has 0 aliphatic carbocycles. The predicted octanol–water partition coefficient (Wildman–Crippen LogP) is 6.55. The van der Waals surface area contributed by atoms with Gasteiger partial charge in [-0.1, -0.05) is 66.4 Å². The second kappa shape index (κ2) is 13.7. The Balaban J connectivity index is 1.43. The van der Waals surface area contributed by atoms with Gasteiger partial charge >= 0.3 is 0 Å². The number of carbonyl (C=O) groups excluding carboxylic acids is 2. The minimum Gasteiger partial charge on any atom is -0.489 e. The van der Waals surface area contributed by atoms with E-state index in [1.165, 1.54) is 23.9 Å². The number of aliphatic imine (C=N–C) groups is 1. The Morgan fingerprint density at radius 1 is 1.00 bits per heavy atom. The van der Waals surface area contributed by atoms with Crippen LogP contribution in [0.25, 0.3) is 0 Å². The summed E-state index contributed by atoms with van der Waals surface area (Å²) in [6.45, 7) is 7.64. The van der Waals surface area contributed by atoms with Crippen LogP contribution in [0.1, 0.15) is 49.9 Å². The van der Waals surface area contributed by atoms with Crippen molar-refractivity contribution in [3.8, 4) is 5.75 Å². The van der Waals surface area contributed by atoms with Crippen LogP contribution in [0, 0.1) is 5.82 Å². The fourth-order valence-electron chi connectivity index (χ4n) is 5.18. The molecule has 0 bridgehead atoms. The third-order valence-electron chi connectivity index (χ3n) is 7.45. The van der Waals surface area contributed by atoms with Crippen molar-refractivity contribution in [3.63, 3.8) is 0 Å². The number of carbonyl (C=O) groups is 2. The van der Waals surface area contributed by atoms with Crippen molar-refractivity contribution in [1.29, 1.82) is 0 Å². The summed E-state index contributed by atoms with van der Waals surface area (Å²) in [5.74, 6) is 0.105. The van der Waals surface area contributed by atoms with Crippen LogP contribution in [0.5, 0.6) is 5.75 Å². The first-order valence-corrected chi connectivity index (χ1v) is 15.3. The number of amidine groups is 1. The van der Waals surface area contributed by atoms with E-state index in [1.807, 2.05) is 85.7 Å². The first kappa shape index (κ1) is 30.1. The van der Waals surface area contributed by atoms with Gasteiger partial charge in [0.2, 0.25) is 5.91 Å². The molecule has 7 nitrogen and oxygen atoms in total. The number of nitrogens with zero attached hydrogens (tertiary/aromatic N) is 3. The third-order valence-corrected chi connectivity index (χ3v) is 8.34. The Kier molecular flexibility index (Phi) is 9.61. The first-order chi connectivity index (χ1) is 20.9. The van der Waals surface area contributed by atoms with E-state index >= 15 is 0 Å². The number of fused-ring (bicyclic) bond motifs is 1. The van der Waals surface area contributed by atoms with Crippen molar-refractivity contribution in [2.45, 2.75) is 46.4 Å². The molecule has 2 heterocycles. The van der Waals surface area contributed by atoms with E-state index in [0.29, 0.717) is 36.7 Å². The lowest BCUT2D eigenvalue weighted by Crippen LogP contribution is -2.42. The van der Waals surface area contributed by atoms with Gasteiger partial charge in [0.05, 0.1) is 23.7 Å². The van der Waals surface area contributed by atoms with Crippen LogP contribution in [0.15, 0.2) is 106 Å². The Morgan fingerprint density at radius 3 is 2.47 bits per heavy atom. The molecule has 0 saturated heterocycles. The molecule has 2 amide bonds. The second-order valence-electron chi connectivity index (χ2n) is 10.3. The van der Waals surface area contributed by atoms with E-state index < -0.39 is 6.04 Å². The van der Waals surface area contributed by atoms with Gasteiger partial charge in [-0.25, -0.2) is 9.38 Å². The van der Waals surface area contributed by atoms with Crippen LogP contribution in [0.4, 0.5) is 4.39 Å². The Bertz CT molecular complexity index is 1570. The van der Waals surface area contributed by atoms with Gasteiger partial charge < -0.3 is 19.9 Å². The zero-order chi connectivity index (χ0) is 30.3. The number of benzene rings is 3. The summed E-state index contributed by atoms with van der Waals surface area (Å²) in [6, 6.07) is 23.3. The fourth-order valence-corrected chi connectivity index (χ4v) is 6.15. The van der Waals surface area contributed by atoms with E-state index in [1.54, 1.807) is 17.0 Å². The van der Waals surface area contributed by atoms with E-state index in [-0.39, 0.29) is 30.6 Å². The highest BCUT2D eigenvalue weighted by atomic mass is 32.2. The molecule has 0 fully saturated rings. The van der Waals surface area contributed by atoms with Crippen molar-refractivity contribution in [2.24, 2.45) is 4.99 Å². The number of thioether (sulfide) groups is 1. The monoisotopic (exact) mass is 598 g/mol. The van der Waals surface area contributed by atoms with E-state index in [9.17, 15) is 14.0 Å². The number of rotatable bonds is 11. The average Bonchev–Trinajstić information content (AvgIpc) is 3.41. The molecule has 222 valence electrons. The molecule has 9 heteroatoms. The minimum absolute atomic E-state index is 0.0806. The van der Waals surface area contributed by atoms with E-state index in [0.717, 1.165) is 27.6 Å². The van der Waals surface area contributed by atoms with Gasteiger partial charge in [0.15, 0.2) is 5.17 Å². The zero-order valence-electron chi connectivity index (χ0n) is 24.5. The predicted molar refractivity (Wildman–Crippen MR) is 168 cm³/mol. The topological polar surface area (TPSA) is 74.2 Å². The standard InChI is InChI=1S/C34H35FN4O3S/c1-4-38(5-2)33(41)31-23(3)37-34-39(28(22-43-34)19-30(40)36-20-24-14-16-27(35)17-15-24)32(31)26-12-9-13-29(18-26)42-21-25-10-7-6-8-11-25/h6-18,22,32H,4-5,19-21H2,1-3H3,(H,36,40). The number of halogens is 1. The maximum absolute atomic E-state index is 14.0. The van der Waals surface area contributed by atoms with Gasteiger partial charge in [0, 0.05) is 25.3 Å². The van der Waals surface area contributed by atoms with Gasteiger partial charge in [0.25, 0.3) is 5.91 Å². The van der Waals surface area contributed by atoms with Gasteiger partial charge in [-0.15, -0.1) is 0 Å². The van der Waals surface area contributed by atoms with Crippen molar-refractivity contribution in [3.05, 3.63) is 124 Å². The molecule has 0 aromatic heterocycles. The lowest BCUT2D eigenvalue weighted by Gasteiger charge is -2.38. The molecule has 43 heavy (non-hydrogen) atoms. The summed E-state index contributed by atoms with van der Waals surface area (Å²) in [7, 11) is 0. The molecule has 5 rings (SSSR count). The third kappa shape index (κ3) is 7.00. The maximum atomic E-state index is 14.0. The van der Waals surface area contributed by atoms with Crippen LogP contribution < -0.4 is 10.1 Å². The van der Waals surface area contributed by atoms with Crippen molar-refractivity contribution >= 4 is 28.7 Å².